The number of carbonyl (C=O) groups is 1. The maximum Gasteiger partial charge on any atom is 0.339 e. The zero-order valence-corrected chi connectivity index (χ0v) is 20.7. The SMILES string of the molecule is COc1cc(/C=C2/SC(=S)N(c3ccc([N+](=O)[O-])cc3)C2=O)ccc1OS(=O)(=O)c1ccc(F)cc1. The van der Waals surface area contributed by atoms with Gasteiger partial charge in [-0.1, -0.05) is 30.0 Å². The van der Waals surface area contributed by atoms with Crippen LogP contribution in [0.4, 0.5) is 15.8 Å². The monoisotopic (exact) mass is 546 g/mol. The summed E-state index contributed by atoms with van der Waals surface area (Å²) in [7, 11) is -2.92. The number of ether oxygens (including phenoxy) is 1. The number of rotatable bonds is 7. The molecule has 0 spiro atoms. The van der Waals surface area contributed by atoms with Crippen molar-refractivity contribution in [3.05, 3.63) is 93.1 Å². The van der Waals surface area contributed by atoms with E-state index in [2.05, 4.69) is 0 Å². The highest BCUT2D eigenvalue weighted by atomic mass is 32.2. The van der Waals surface area contributed by atoms with Crippen LogP contribution in [0.25, 0.3) is 6.08 Å². The average Bonchev–Trinajstić information content (AvgIpc) is 3.12. The van der Waals surface area contributed by atoms with E-state index in [1.54, 1.807) is 6.08 Å². The molecule has 0 saturated carbocycles. The number of hydrogen-bond donors (Lipinski definition) is 0. The van der Waals surface area contributed by atoms with Gasteiger partial charge in [0.1, 0.15) is 10.7 Å². The topological polar surface area (TPSA) is 116 Å². The van der Waals surface area contributed by atoms with Gasteiger partial charge in [0.15, 0.2) is 15.8 Å². The lowest BCUT2D eigenvalue weighted by molar-refractivity contribution is -0.384. The standard InChI is InChI=1S/C23H15FN2O7S3/c1-32-20-12-14(2-11-19(20)33-36(30,31)18-9-3-15(24)4-10-18)13-21-22(27)25(23(34)35-21)16-5-7-17(8-6-16)26(28)29/h2-13H,1H3/b21-13+. The van der Waals surface area contributed by atoms with Gasteiger partial charge in [0.25, 0.3) is 11.6 Å². The molecule has 1 aliphatic heterocycles. The summed E-state index contributed by atoms with van der Waals surface area (Å²) in [4.78, 5) is 24.6. The van der Waals surface area contributed by atoms with Gasteiger partial charge in [-0.05, 0) is 60.2 Å². The molecule has 0 atom stereocenters. The van der Waals surface area contributed by atoms with Crippen molar-refractivity contribution in [2.45, 2.75) is 4.90 Å². The fraction of sp³-hybridized carbons (Fsp3) is 0.0435. The van der Waals surface area contributed by atoms with Crippen LogP contribution in [0.1, 0.15) is 5.56 Å². The average molecular weight is 547 g/mol. The van der Waals surface area contributed by atoms with Crippen LogP contribution in [0.5, 0.6) is 11.5 Å². The first-order valence-corrected chi connectivity index (χ1v) is 12.6. The van der Waals surface area contributed by atoms with Crippen LogP contribution in [-0.2, 0) is 14.9 Å². The van der Waals surface area contributed by atoms with Gasteiger partial charge in [-0.15, -0.1) is 0 Å². The Bertz CT molecular complexity index is 1510. The molecule has 9 nitrogen and oxygen atoms in total. The number of thiocarbonyl (C=S) groups is 1. The van der Waals surface area contributed by atoms with Gasteiger partial charge in [0.05, 0.1) is 22.6 Å². The van der Waals surface area contributed by atoms with E-state index in [0.717, 1.165) is 36.0 Å². The van der Waals surface area contributed by atoms with Crippen LogP contribution in [0, 0.1) is 15.9 Å². The van der Waals surface area contributed by atoms with E-state index in [4.69, 9.17) is 21.1 Å². The number of amides is 1. The highest BCUT2D eigenvalue weighted by molar-refractivity contribution is 8.27. The van der Waals surface area contributed by atoms with Gasteiger partial charge in [-0.25, -0.2) is 4.39 Å². The van der Waals surface area contributed by atoms with Crippen molar-refractivity contribution < 1.29 is 31.4 Å². The summed E-state index contributed by atoms with van der Waals surface area (Å²) in [5, 5.41) is 10.9. The molecule has 0 radical (unpaired) electrons. The number of halogens is 1. The molecule has 0 unspecified atom stereocenters. The number of methoxy groups -OCH3 is 1. The molecular formula is C23H15FN2O7S3. The molecule has 0 aliphatic carbocycles. The summed E-state index contributed by atoms with van der Waals surface area (Å²) in [5.41, 5.74) is 0.775. The number of nitro benzene ring substituents is 1. The zero-order chi connectivity index (χ0) is 26.0. The van der Waals surface area contributed by atoms with E-state index in [1.807, 2.05) is 0 Å². The molecule has 3 aromatic rings. The first-order chi connectivity index (χ1) is 17.1. The molecule has 1 saturated heterocycles. The Hall–Kier alpha value is -3.81. The summed E-state index contributed by atoms with van der Waals surface area (Å²) in [5.74, 6) is -1.02. The Balaban J connectivity index is 1.58. The third-order valence-corrected chi connectivity index (χ3v) is 7.45. The highest BCUT2D eigenvalue weighted by Gasteiger charge is 2.33. The predicted octanol–water partition coefficient (Wildman–Crippen LogP) is 4.92. The lowest BCUT2D eigenvalue weighted by atomic mass is 10.2. The maximum atomic E-state index is 13.1. The summed E-state index contributed by atoms with van der Waals surface area (Å²) in [6.07, 6.45) is 1.55. The van der Waals surface area contributed by atoms with Crippen molar-refractivity contribution in [3.8, 4) is 11.5 Å². The van der Waals surface area contributed by atoms with Crippen LogP contribution in [0.3, 0.4) is 0 Å². The Morgan fingerprint density at radius 3 is 2.33 bits per heavy atom. The Morgan fingerprint density at radius 2 is 1.72 bits per heavy atom. The number of benzene rings is 3. The minimum atomic E-state index is -4.25. The van der Waals surface area contributed by atoms with Gasteiger partial charge in [-0.2, -0.15) is 8.42 Å². The molecule has 0 N–H and O–H groups in total. The van der Waals surface area contributed by atoms with Gasteiger partial charge in [0.2, 0.25) is 0 Å². The number of nitro groups is 1. The fourth-order valence-corrected chi connectivity index (χ4v) is 5.41. The lowest BCUT2D eigenvalue weighted by Crippen LogP contribution is -2.27. The number of thioether (sulfide) groups is 1. The van der Waals surface area contributed by atoms with Crippen LogP contribution < -0.4 is 13.8 Å². The third kappa shape index (κ3) is 5.22. The number of anilines is 1. The minimum Gasteiger partial charge on any atom is -0.493 e. The maximum absolute atomic E-state index is 13.1. The first-order valence-electron chi connectivity index (χ1n) is 9.99. The number of nitrogens with zero attached hydrogens (tertiary/aromatic N) is 2. The molecule has 0 bridgehead atoms. The molecule has 4 rings (SSSR count). The van der Waals surface area contributed by atoms with E-state index in [0.29, 0.717) is 11.3 Å². The van der Waals surface area contributed by atoms with E-state index in [9.17, 15) is 27.7 Å². The van der Waals surface area contributed by atoms with Gasteiger partial charge >= 0.3 is 10.1 Å². The molecule has 1 heterocycles. The molecular weight excluding hydrogens is 531 g/mol. The predicted molar refractivity (Wildman–Crippen MR) is 136 cm³/mol. The quantitative estimate of drug-likeness (QED) is 0.134. The van der Waals surface area contributed by atoms with Crippen molar-refractivity contribution in [2.24, 2.45) is 0 Å². The van der Waals surface area contributed by atoms with Gasteiger partial charge in [0, 0.05) is 12.1 Å². The lowest BCUT2D eigenvalue weighted by Gasteiger charge is -2.14. The number of non-ortho nitro benzene ring substituents is 1. The van der Waals surface area contributed by atoms with E-state index >= 15 is 0 Å². The normalized spacial score (nSPS) is 14.8. The van der Waals surface area contributed by atoms with Crippen LogP contribution >= 0.6 is 24.0 Å². The highest BCUT2D eigenvalue weighted by Crippen LogP contribution is 2.38. The van der Waals surface area contributed by atoms with Gasteiger partial charge < -0.3 is 8.92 Å². The Kier molecular flexibility index (Phi) is 7.06. The van der Waals surface area contributed by atoms with E-state index in [1.165, 1.54) is 54.5 Å². The van der Waals surface area contributed by atoms with E-state index in [-0.39, 0.29) is 31.3 Å². The van der Waals surface area contributed by atoms with Crippen molar-refractivity contribution in [1.29, 1.82) is 0 Å². The summed E-state index contributed by atoms with van der Waals surface area (Å²) >= 11 is 6.36. The second-order valence-electron chi connectivity index (χ2n) is 7.19. The summed E-state index contributed by atoms with van der Waals surface area (Å²) in [6, 6.07) is 14.0. The Morgan fingerprint density at radius 1 is 1.06 bits per heavy atom. The Labute approximate surface area is 214 Å². The molecule has 1 aliphatic rings. The van der Waals surface area contributed by atoms with Gasteiger partial charge in [-0.3, -0.25) is 19.8 Å². The molecule has 3 aromatic carbocycles. The largest absolute Gasteiger partial charge is 0.493 e. The molecule has 184 valence electrons. The molecule has 13 heteroatoms. The smallest absolute Gasteiger partial charge is 0.339 e. The second kappa shape index (κ2) is 10.0. The van der Waals surface area contributed by atoms with Crippen LogP contribution in [-0.4, -0.2) is 30.7 Å². The molecule has 1 fully saturated rings. The van der Waals surface area contributed by atoms with Crippen molar-refractivity contribution in [2.75, 3.05) is 12.0 Å². The van der Waals surface area contributed by atoms with Crippen molar-refractivity contribution in [3.63, 3.8) is 0 Å². The molecule has 36 heavy (non-hydrogen) atoms. The minimum absolute atomic E-state index is 0.0836. The fourth-order valence-electron chi connectivity index (χ4n) is 3.18. The van der Waals surface area contributed by atoms with Crippen molar-refractivity contribution in [1.82, 2.24) is 0 Å². The van der Waals surface area contributed by atoms with Crippen LogP contribution in [0.15, 0.2) is 76.5 Å². The second-order valence-corrected chi connectivity index (χ2v) is 10.4. The van der Waals surface area contributed by atoms with Crippen molar-refractivity contribution >= 4 is 61.8 Å². The van der Waals surface area contributed by atoms with Crippen LogP contribution in [0.2, 0.25) is 0 Å². The molecule has 0 aromatic heterocycles. The number of hydrogen-bond acceptors (Lipinski definition) is 9. The first kappa shape index (κ1) is 25.3. The van der Waals surface area contributed by atoms with E-state index < -0.39 is 26.8 Å². The zero-order valence-electron chi connectivity index (χ0n) is 18.3. The molecule has 1 amide bonds. The number of carbonyl (C=O) groups excluding carboxylic acids is 1. The summed E-state index contributed by atoms with van der Waals surface area (Å²) in [6.45, 7) is 0. The summed E-state index contributed by atoms with van der Waals surface area (Å²) < 4.78 is 48.9. The third-order valence-electron chi connectivity index (χ3n) is 4.90.